The highest BCUT2D eigenvalue weighted by Gasteiger charge is 2.38. The number of aryl methyl sites for hydroxylation is 1. The van der Waals surface area contributed by atoms with Crippen LogP contribution in [0.1, 0.15) is 42.8 Å². The lowest BCUT2D eigenvalue weighted by atomic mass is 10.1. The summed E-state index contributed by atoms with van der Waals surface area (Å²) in [5.41, 5.74) is 1.98. The maximum absolute atomic E-state index is 12.7. The van der Waals surface area contributed by atoms with E-state index < -0.39 is 0 Å². The number of nitrogens with one attached hydrogen (secondary N) is 2. The van der Waals surface area contributed by atoms with Gasteiger partial charge in [-0.2, -0.15) is 0 Å². The van der Waals surface area contributed by atoms with Gasteiger partial charge in [-0.15, -0.1) is 0 Å². The molecule has 0 unspecified atom stereocenters. The fourth-order valence-corrected chi connectivity index (χ4v) is 2.58. The Morgan fingerprint density at radius 3 is 2.88 bits per heavy atom. The molecular weight excluding hydrogens is 304 g/mol. The SMILES string of the molecule is C=C/C=C(\C)CNC(=O)c1c(C)oc2ncnc(NC3(C)CC3)c12. The molecule has 2 aromatic rings. The molecule has 0 atom stereocenters. The number of hydrogen-bond donors (Lipinski definition) is 2. The smallest absolute Gasteiger partial charge is 0.255 e. The molecule has 2 aromatic heterocycles. The summed E-state index contributed by atoms with van der Waals surface area (Å²) >= 11 is 0. The first kappa shape index (κ1) is 16.2. The third-order valence-electron chi connectivity index (χ3n) is 4.24. The maximum Gasteiger partial charge on any atom is 0.255 e. The molecule has 1 fully saturated rings. The Bertz CT molecular complexity index is 831. The molecule has 126 valence electrons. The van der Waals surface area contributed by atoms with Gasteiger partial charge in [0.1, 0.15) is 17.9 Å². The van der Waals surface area contributed by atoms with E-state index in [0.29, 0.717) is 34.8 Å². The van der Waals surface area contributed by atoms with Crippen molar-refractivity contribution in [3.05, 3.63) is 42.0 Å². The summed E-state index contributed by atoms with van der Waals surface area (Å²) in [6.07, 6.45) is 7.19. The van der Waals surface area contributed by atoms with Crippen LogP contribution in [-0.4, -0.2) is 28.0 Å². The number of carbonyl (C=O) groups is 1. The minimum Gasteiger partial charge on any atom is -0.442 e. The number of anilines is 1. The van der Waals surface area contributed by atoms with Crippen LogP contribution in [0.3, 0.4) is 0 Å². The first-order valence-electron chi connectivity index (χ1n) is 8.02. The van der Waals surface area contributed by atoms with Gasteiger partial charge in [-0.1, -0.05) is 24.3 Å². The molecule has 0 aromatic carbocycles. The van der Waals surface area contributed by atoms with E-state index in [0.717, 1.165) is 18.4 Å². The van der Waals surface area contributed by atoms with Crippen LogP contribution >= 0.6 is 0 Å². The first-order valence-corrected chi connectivity index (χ1v) is 8.02. The van der Waals surface area contributed by atoms with Crippen molar-refractivity contribution in [3.63, 3.8) is 0 Å². The summed E-state index contributed by atoms with van der Waals surface area (Å²) < 4.78 is 5.67. The third-order valence-corrected chi connectivity index (χ3v) is 4.24. The minimum absolute atomic E-state index is 0.0451. The van der Waals surface area contributed by atoms with Crippen LogP contribution < -0.4 is 10.6 Å². The highest BCUT2D eigenvalue weighted by Crippen LogP contribution is 2.40. The molecule has 1 aliphatic carbocycles. The van der Waals surface area contributed by atoms with Crippen molar-refractivity contribution in [2.24, 2.45) is 0 Å². The van der Waals surface area contributed by atoms with E-state index >= 15 is 0 Å². The average molecular weight is 326 g/mol. The highest BCUT2D eigenvalue weighted by molar-refractivity contribution is 6.10. The van der Waals surface area contributed by atoms with Gasteiger partial charge >= 0.3 is 0 Å². The molecule has 0 saturated heterocycles. The summed E-state index contributed by atoms with van der Waals surface area (Å²) in [5, 5.41) is 6.97. The molecule has 1 aliphatic rings. The summed E-state index contributed by atoms with van der Waals surface area (Å²) in [6.45, 7) is 9.95. The van der Waals surface area contributed by atoms with Crippen molar-refractivity contribution in [2.75, 3.05) is 11.9 Å². The summed E-state index contributed by atoms with van der Waals surface area (Å²) in [4.78, 5) is 21.2. The maximum atomic E-state index is 12.7. The molecule has 6 nitrogen and oxygen atoms in total. The van der Waals surface area contributed by atoms with E-state index in [4.69, 9.17) is 4.42 Å². The first-order chi connectivity index (χ1) is 11.4. The highest BCUT2D eigenvalue weighted by atomic mass is 16.3. The van der Waals surface area contributed by atoms with Gasteiger partial charge in [-0.25, -0.2) is 9.97 Å². The normalized spacial score (nSPS) is 16.0. The van der Waals surface area contributed by atoms with Crippen molar-refractivity contribution >= 4 is 22.8 Å². The number of carbonyl (C=O) groups excluding carboxylic acids is 1. The second-order valence-corrected chi connectivity index (χ2v) is 6.55. The number of amides is 1. The third kappa shape index (κ3) is 3.18. The van der Waals surface area contributed by atoms with E-state index in [1.807, 2.05) is 13.0 Å². The van der Waals surface area contributed by atoms with Crippen molar-refractivity contribution in [2.45, 2.75) is 39.2 Å². The Kier molecular flexibility index (Phi) is 4.13. The molecule has 2 heterocycles. The van der Waals surface area contributed by atoms with Gasteiger partial charge in [-0.3, -0.25) is 4.79 Å². The summed E-state index contributed by atoms with van der Waals surface area (Å²) in [5.74, 6) is 1.000. The number of hydrogen-bond acceptors (Lipinski definition) is 5. The van der Waals surface area contributed by atoms with Crippen molar-refractivity contribution in [1.29, 1.82) is 0 Å². The van der Waals surface area contributed by atoms with E-state index in [1.54, 1.807) is 13.0 Å². The van der Waals surface area contributed by atoms with Crippen LogP contribution in [0, 0.1) is 6.92 Å². The number of nitrogens with zero attached hydrogens (tertiary/aromatic N) is 2. The molecule has 24 heavy (non-hydrogen) atoms. The number of fused-ring (bicyclic) bond motifs is 1. The summed E-state index contributed by atoms with van der Waals surface area (Å²) in [6, 6.07) is 0. The largest absolute Gasteiger partial charge is 0.442 e. The molecule has 0 bridgehead atoms. The van der Waals surface area contributed by atoms with E-state index in [2.05, 4.69) is 34.1 Å². The molecule has 1 saturated carbocycles. The van der Waals surface area contributed by atoms with Crippen LogP contribution in [0.4, 0.5) is 5.82 Å². The van der Waals surface area contributed by atoms with Crippen molar-refractivity contribution < 1.29 is 9.21 Å². The molecule has 3 rings (SSSR count). The lowest BCUT2D eigenvalue weighted by Crippen LogP contribution is -2.26. The Balaban J connectivity index is 1.94. The molecule has 6 heteroatoms. The van der Waals surface area contributed by atoms with Crippen LogP contribution in [0.25, 0.3) is 11.1 Å². The lowest BCUT2D eigenvalue weighted by Gasteiger charge is -2.13. The molecule has 0 radical (unpaired) electrons. The van der Waals surface area contributed by atoms with Crippen LogP contribution in [0.2, 0.25) is 0 Å². The van der Waals surface area contributed by atoms with Gasteiger partial charge in [0, 0.05) is 12.1 Å². The number of rotatable bonds is 6. The molecule has 0 spiro atoms. The zero-order valence-corrected chi connectivity index (χ0v) is 14.3. The standard InChI is InChI=1S/C18H22N4O2/c1-5-6-11(2)9-19-16(23)13-12(3)24-17-14(13)15(20-10-21-17)22-18(4)7-8-18/h5-6,10H,1,7-9H2,2-4H3,(H,19,23)(H,20,21,22)/b11-6+. The predicted octanol–water partition coefficient (Wildman–Crippen LogP) is 3.36. The van der Waals surface area contributed by atoms with Crippen LogP contribution in [-0.2, 0) is 0 Å². The Morgan fingerprint density at radius 2 is 2.21 bits per heavy atom. The van der Waals surface area contributed by atoms with E-state index in [9.17, 15) is 4.79 Å². The fourth-order valence-electron chi connectivity index (χ4n) is 2.58. The topological polar surface area (TPSA) is 80.1 Å². The Hall–Kier alpha value is -2.63. The average Bonchev–Trinajstić information content (AvgIpc) is 3.14. The second-order valence-electron chi connectivity index (χ2n) is 6.55. The van der Waals surface area contributed by atoms with Gasteiger partial charge in [0.25, 0.3) is 5.91 Å². The molecule has 2 N–H and O–H groups in total. The number of aromatic nitrogens is 2. The van der Waals surface area contributed by atoms with E-state index in [-0.39, 0.29) is 11.4 Å². The Morgan fingerprint density at radius 1 is 1.46 bits per heavy atom. The van der Waals surface area contributed by atoms with Crippen LogP contribution in [0.5, 0.6) is 0 Å². The summed E-state index contributed by atoms with van der Waals surface area (Å²) in [7, 11) is 0. The monoisotopic (exact) mass is 326 g/mol. The van der Waals surface area contributed by atoms with Gasteiger partial charge in [-0.05, 0) is 33.6 Å². The zero-order chi connectivity index (χ0) is 17.3. The van der Waals surface area contributed by atoms with Gasteiger partial charge in [0.15, 0.2) is 0 Å². The molecular formula is C18H22N4O2. The second kappa shape index (κ2) is 6.11. The Labute approximate surface area is 141 Å². The molecule has 1 amide bonds. The van der Waals surface area contributed by atoms with Gasteiger partial charge in [0.2, 0.25) is 5.71 Å². The van der Waals surface area contributed by atoms with E-state index in [1.165, 1.54) is 6.33 Å². The van der Waals surface area contributed by atoms with Crippen LogP contribution in [0.15, 0.2) is 35.0 Å². The quantitative estimate of drug-likeness (QED) is 0.796. The zero-order valence-electron chi connectivity index (χ0n) is 14.3. The number of furan rings is 1. The van der Waals surface area contributed by atoms with Gasteiger partial charge < -0.3 is 15.1 Å². The van der Waals surface area contributed by atoms with Crippen molar-refractivity contribution in [1.82, 2.24) is 15.3 Å². The fraction of sp³-hybridized carbons (Fsp3) is 0.389. The number of allylic oxidation sites excluding steroid dienone is 2. The minimum atomic E-state index is -0.193. The predicted molar refractivity (Wildman–Crippen MR) is 94.1 cm³/mol. The lowest BCUT2D eigenvalue weighted by molar-refractivity contribution is 0.0957. The molecule has 0 aliphatic heterocycles. The van der Waals surface area contributed by atoms with Gasteiger partial charge in [0.05, 0.1) is 10.9 Å². The van der Waals surface area contributed by atoms with Crippen molar-refractivity contribution in [3.8, 4) is 0 Å².